The topological polar surface area (TPSA) is 9.23 Å². The molecule has 13 heavy (non-hydrogen) atoms. The summed E-state index contributed by atoms with van der Waals surface area (Å²) < 4.78 is 5.57. The lowest BCUT2D eigenvalue weighted by Gasteiger charge is -2.13. The van der Waals surface area contributed by atoms with Crippen molar-refractivity contribution in [3.63, 3.8) is 0 Å². The van der Waals surface area contributed by atoms with Crippen molar-refractivity contribution in [2.45, 2.75) is 33.6 Å². The van der Waals surface area contributed by atoms with Crippen LogP contribution >= 0.6 is 0 Å². The van der Waals surface area contributed by atoms with E-state index in [1.807, 2.05) is 13.8 Å². The van der Waals surface area contributed by atoms with Crippen LogP contribution in [-0.4, -0.2) is 6.61 Å². The van der Waals surface area contributed by atoms with Gasteiger partial charge in [-0.3, -0.25) is 0 Å². The molecule has 1 aliphatic heterocycles. The molecule has 2 unspecified atom stereocenters. The average molecular weight is 178 g/mol. The van der Waals surface area contributed by atoms with Crippen molar-refractivity contribution in [3.8, 4) is 0 Å². The fraction of sp³-hybridized carbons (Fsp3) is 0.667. The van der Waals surface area contributed by atoms with Crippen LogP contribution in [0.15, 0.2) is 23.5 Å². The van der Waals surface area contributed by atoms with Crippen LogP contribution < -0.4 is 0 Å². The number of hydrogen-bond acceptors (Lipinski definition) is 1. The third kappa shape index (κ3) is 1.06. The Morgan fingerprint density at radius 3 is 2.92 bits per heavy atom. The molecule has 2 aliphatic carbocycles. The molecular formula is C12H18O. The fourth-order valence-electron chi connectivity index (χ4n) is 2.60. The maximum atomic E-state index is 5.57. The molecule has 1 saturated carbocycles. The highest BCUT2D eigenvalue weighted by Gasteiger charge is 2.61. The second kappa shape index (κ2) is 2.90. The molecule has 3 aliphatic rings. The Hall–Kier alpha value is -0.720. The van der Waals surface area contributed by atoms with E-state index in [1.54, 1.807) is 5.57 Å². The van der Waals surface area contributed by atoms with Crippen molar-refractivity contribution in [3.05, 3.63) is 23.5 Å². The second-order valence-electron chi connectivity index (χ2n) is 3.95. The van der Waals surface area contributed by atoms with Crippen LogP contribution in [-0.2, 0) is 4.74 Å². The summed E-state index contributed by atoms with van der Waals surface area (Å²) in [6, 6.07) is 0. The van der Waals surface area contributed by atoms with E-state index >= 15 is 0 Å². The summed E-state index contributed by atoms with van der Waals surface area (Å²) in [5.74, 6) is 2.11. The minimum absolute atomic E-state index is 0.499. The SMILES string of the molecule is CC.CC1=CC=C2OCCC23CC13. The minimum atomic E-state index is 0.499. The Labute approximate surface area is 80.5 Å². The Morgan fingerprint density at radius 2 is 2.15 bits per heavy atom. The van der Waals surface area contributed by atoms with E-state index in [1.165, 1.54) is 18.6 Å². The van der Waals surface area contributed by atoms with Crippen LogP contribution in [0.1, 0.15) is 33.6 Å². The number of ether oxygens (including phenoxy) is 1. The molecular weight excluding hydrogens is 160 g/mol. The third-order valence-electron chi connectivity index (χ3n) is 3.42. The number of allylic oxidation sites excluding steroid dienone is 4. The van der Waals surface area contributed by atoms with Gasteiger partial charge in [0.2, 0.25) is 0 Å². The van der Waals surface area contributed by atoms with Crippen molar-refractivity contribution in [1.82, 2.24) is 0 Å². The van der Waals surface area contributed by atoms with Gasteiger partial charge in [0.15, 0.2) is 0 Å². The highest BCUT2D eigenvalue weighted by atomic mass is 16.5. The summed E-state index contributed by atoms with van der Waals surface area (Å²) >= 11 is 0. The largest absolute Gasteiger partial charge is 0.497 e. The number of hydrogen-bond donors (Lipinski definition) is 0. The van der Waals surface area contributed by atoms with Crippen LogP contribution in [0.2, 0.25) is 0 Å². The summed E-state index contributed by atoms with van der Waals surface area (Å²) in [5, 5.41) is 0. The van der Waals surface area contributed by atoms with E-state index in [4.69, 9.17) is 4.74 Å². The monoisotopic (exact) mass is 178 g/mol. The van der Waals surface area contributed by atoms with Crippen LogP contribution in [0, 0.1) is 11.3 Å². The van der Waals surface area contributed by atoms with Crippen LogP contribution in [0.25, 0.3) is 0 Å². The lowest BCUT2D eigenvalue weighted by atomic mass is 9.92. The second-order valence-corrected chi connectivity index (χ2v) is 3.95. The summed E-state index contributed by atoms with van der Waals surface area (Å²) in [6.45, 7) is 7.19. The van der Waals surface area contributed by atoms with Gasteiger partial charge in [-0.25, -0.2) is 0 Å². The summed E-state index contributed by atoms with van der Waals surface area (Å²) in [7, 11) is 0. The molecule has 0 aromatic heterocycles. The third-order valence-corrected chi connectivity index (χ3v) is 3.42. The summed E-state index contributed by atoms with van der Waals surface area (Å²) in [5.41, 5.74) is 2.05. The van der Waals surface area contributed by atoms with Crippen molar-refractivity contribution in [2.75, 3.05) is 6.61 Å². The van der Waals surface area contributed by atoms with Gasteiger partial charge >= 0.3 is 0 Å². The van der Waals surface area contributed by atoms with E-state index in [9.17, 15) is 0 Å². The Balaban J connectivity index is 0.000000308. The molecule has 0 amide bonds. The van der Waals surface area contributed by atoms with E-state index in [2.05, 4.69) is 19.1 Å². The smallest absolute Gasteiger partial charge is 0.103 e. The molecule has 72 valence electrons. The number of rotatable bonds is 0. The van der Waals surface area contributed by atoms with E-state index in [0.29, 0.717) is 5.41 Å². The molecule has 0 aromatic carbocycles. The van der Waals surface area contributed by atoms with E-state index in [-0.39, 0.29) is 0 Å². The molecule has 1 heteroatoms. The molecule has 2 fully saturated rings. The molecule has 1 heterocycles. The van der Waals surface area contributed by atoms with Crippen molar-refractivity contribution in [1.29, 1.82) is 0 Å². The van der Waals surface area contributed by atoms with Crippen molar-refractivity contribution >= 4 is 0 Å². The highest BCUT2D eigenvalue weighted by Crippen LogP contribution is 2.67. The minimum Gasteiger partial charge on any atom is -0.497 e. The Bertz CT molecular complexity index is 275. The maximum Gasteiger partial charge on any atom is 0.103 e. The van der Waals surface area contributed by atoms with E-state index < -0.39 is 0 Å². The van der Waals surface area contributed by atoms with Gasteiger partial charge in [0.1, 0.15) is 5.76 Å². The first kappa shape index (κ1) is 8.86. The van der Waals surface area contributed by atoms with Crippen LogP contribution in [0.5, 0.6) is 0 Å². The first-order valence-corrected chi connectivity index (χ1v) is 5.35. The fourth-order valence-corrected chi connectivity index (χ4v) is 2.60. The first-order chi connectivity index (χ1) is 6.33. The molecule has 0 bridgehead atoms. The van der Waals surface area contributed by atoms with Crippen LogP contribution in [0.4, 0.5) is 0 Å². The first-order valence-electron chi connectivity index (χ1n) is 5.35. The molecule has 1 spiro atoms. The molecule has 3 rings (SSSR count). The van der Waals surface area contributed by atoms with Gasteiger partial charge < -0.3 is 4.74 Å². The molecule has 1 saturated heterocycles. The Morgan fingerprint density at radius 1 is 1.38 bits per heavy atom. The predicted octanol–water partition coefficient (Wildman–Crippen LogP) is 3.28. The normalized spacial score (nSPS) is 38.5. The zero-order valence-corrected chi connectivity index (χ0v) is 8.76. The summed E-state index contributed by atoms with van der Waals surface area (Å²) in [4.78, 5) is 0. The quantitative estimate of drug-likeness (QED) is 0.553. The van der Waals surface area contributed by atoms with Gasteiger partial charge in [-0.15, -0.1) is 0 Å². The molecule has 2 atom stereocenters. The van der Waals surface area contributed by atoms with Gasteiger partial charge in [0, 0.05) is 5.41 Å². The predicted molar refractivity (Wildman–Crippen MR) is 54.3 cm³/mol. The lowest BCUT2D eigenvalue weighted by molar-refractivity contribution is 0.256. The van der Waals surface area contributed by atoms with Crippen molar-refractivity contribution in [2.24, 2.45) is 11.3 Å². The van der Waals surface area contributed by atoms with Gasteiger partial charge in [0.05, 0.1) is 6.61 Å². The standard InChI is InChI=1S/C10H12O.C2H6/c1-7-2-3-9-10(4-5-11-9)6-8(7)10;1-2/h2-3,8H,4-6H2,1H3;1-2H3. The van der Waals surface area contributed by atoms with Crippen molar-refractivity contribution < 1.29 is 4.74 Å². The maximum absolute atomic E-state index is 5.57. The lowest BCUT2D eigenvalue weighted by Crippen LogP contribution is -2.05. The zero-order chi connectivity index (χ0) is 9.47. The van der Waals surface area contributed by atoms with Gasteiger partial charge in [-0.2, -0.15) is 0 Å². The average Bonchev–Trinajstić information content (AvgIpc) is 2.75. The van der Waals surface area contributed by atoms with Gasteiger partial charge in [-0.05, 0) is 31.8 Å². The van der Waals surface area contributed by atoms with Crippen LogP contribution in [0.3, 0.4) is 0 Å². The van der Waals surface area contributed by atoms with Gasteiger partial charge in [0.25, 0.3) is 0 Å². The molecule has 0 radical (unpaired) electrons. The zero-order valence-electron chi connectivity index (χ0n) is 8.76. The van der Waals surface area contributed by atoms with Gasteiger partial charge in [-0.1, -0.05) is 25.5 Å². The Kier molecular flexibility index (Phi) is 1.98. The molecule has 1 nitrogen and oxygen atoms in total. The highest BCUT2D eigenvalue weighted by molar-refractivity contribution is 5.39. The molecule has 0 N–H and O–H groups in total. The van der Waals surface area contributed by atoms with E-state index in [0.717, 1.165) is 12.5 Å². The summed E-state index contributed by atoms with van der Waals surface area (Å²) in [6.07, 6.45) is 7.00. The molecule has 0 aromatic rings.